The number of halogens is 2. The first kappa shape index (κ1) is 14.2. The molecule has 1 heterocycles. The minimum absolute atomic E-state index is 0.0263. The van der Waals surface area contributed by atoms with Crippen molar-refractivity contribution < 1.29 is 14.7 Å². The van der Waals surface area contributed by atoms with Gasteiger partial charge < -0.3 is 10.4 Å². The van der Waals surface area contributed by atoms with E-state index in [2.05, 4.69) is 20.8 Å². The number of amides is 1. The molecule has 0 fully saturated rings. The van der Waals surface area contributed by atoms with Crippen LogP contribution >= 0.6 is 23.2 Å². The summed E-state index contributed by atoms with van der Waals surface area (Å²) in [5.74, 6) is -1.78. The number of nitrogens with one attached hydrogen (secondary N) is 1. The molecular weight excluding hydrogens is 309 g/mol. The van der Waals surface area contributed by atoms with Crippen LogP contribution in [0.15, 0.2) is 18.5 Å². The molecule has 2 N–H and O–H groups in total. The van der Waals surface area contributed by atoms with Crippen LogP contribution in [-0.2, 0) is 11.3 Å². The van der Waals surface area contributed by atoms with Crippen molar-refractivity contribution >= 4 is 40.8 Å². The molecule has 20 heavy (non-hydrogen) atoms. The molecule has 0 aliphatic carbocycles. The van der Waals surface area contributed by atoms with Gasteiger partial charge in [-0.1, -0.05) is 23.2 Å². The number of aromatic nitrogens is 4. The van der Waals surface area contributed by atoms with Gasteiger partial charge >= 0.3 is 5.97 Å². The van der Waals surface area contributed by atoms with Gasteiger partial charge in [0.25, 0.3) is 0 Å². The fourth-order valence-electron chi connectivity index (χ4n) is 1.45. The smallest absolute Gasteiger partial charge is 0.337 e. The summed E-state index contributed by atoms with van der Waals surface area (Å²) in [5, 5.41) is 21.9. The van der Waals surface area contributed by atoms with E-state index in [9.17, 15) is 9.59 Å². The molecule has 0 aliphatic rings. The summed E-state index contributed by atoms with van der Waals surface area (Å²) in [4.78, 5) is 22.9. The maximum atomic E-state index is 11.8. The molecule has 0 radical (unpaired) electrons. The summed E-state index contributed by atoms with van der Waals surface area (Å²) < 4.78 is 1.18. The normalized spacial score (nSPS) is 10.3. The number of carbonyl (C=O) groups excluding carboxylic acids is 1. The van der Waals surface area contributed by atoms with E-state index < -0.39 is 11.9 Å². The second-order valence-electron chi connectivity index (χ2n) is 3.67. The van der Waals surface area contributed by atoms with Crippen LogP contribution in [0.25, 0.3) is 0 Å². The second kappa shape index (κ2) is 5.85. The highest BCUT2D eigenvalue weighted by Crippen LogP contribution is 2.30. The lowest BCUT2D eigenvalue weighted by Gasteiger charge is -2.10. The number of hydrogen-bond donors (Lipinski definition) is 2. The molecule has 0 atom stereocenters. The number of anilines is 1. The second-order valence-corrected chi connectivity index (χ2v) is 4.51. The van der Waals surface area contributed by atoms with Crippen LogP contribution in [0.5, 0.6) is 0 Å². The highest BCUT2D eigenvalue weighted by atomic mass is 35.5. The van der Waals surface area contributed by atoms with E-state index in [0.717, 1.165) is 0 Å². The molecule has 0 unspecified atom stereocenters. The van der Waals surface area contributed by atoms with Gasteiger partial charge in [-0.2, -0.15) is 0 Å². The average molecular weight is 316 g/mol. The maximum Gasteiger partial charge on any atom is 0.337 e. The zero-order valence-corrected chi connectivity index (χ0v) is 11.3. The summed E-state index contributed by atoms with van der Waals surface area (Å²) in [7, 11) is 0. The number of tetrazole rings is 1. The molecule has 0 spiro atoms. The third-order valence-electron chi connectivity index (χ3n) is 2.25. The van der Waals surface area contributed by atoms with Gasteiger partial charge in [-0.3, -0.25) is 4.79 Å². The van der Waals surface area contributed by atoms with Crippen LogP contribution in [0.2, 0.25) is 10.0 Å². The predicted octanol–water partition coefficient (Wildman–Crippen LogP) is 1.32. The molecule has 1 aromatic heterocycles. The largest absolute Gasteiger partial charge is 0.478 e. The zero-order valence-electron chi connectivity index (χ0n) is 9.75. The Bertz CT molecular complexity index is 659. The highest BCUT2D eigenvalue weighted by Gasteiger charge is 2.17. The van der Waals surface area contributed by atoms with Gasteiger partial charge in [-0.05, 0) is 22.6 Å². The molecule has 0 saturated heterocycles. The van der Waals surface area contributed by atoms with Crippen LogP contribution in [0.1, 0.15) is 10.4 Å². The predicted molar refractivity (Wildman–Crippen MR) is 69.9 cm³/mol. The van der Waals surface area contributed by atoms with E-state index in [1.807, 2.05) is 0 Å². The third-order valence-corrected chi connectivity index (χ3v) is 2.76. The van der Waals surface area contributed by atoms with Crippen LogP contribution in [0.3, 0.4) is 0 Å². The summed E-state index contributed by atoms with van der Waals surface area (Å²) in [6, 6.07) is 2.53. The Kier molecular flexibility index (Phi) is 4.16. The Morgan fingerprint density at radius 3 is 2.70 bits per heavy atom. The average Bonchev–Trinajstić information content (AvgIpc) is 2.84. The van der Waals surface area contributed by atoms with Crippen molar-refractivity contribution in [1.29, 1.82) is 0 Å². The van der Waals surface area contributed by atoms with E-state index >= 15 is 0 Å². The topological polar surface area (TPSA) is 110 Å². The standard InChI is InChI=1S/C10H7Cl2N5O3/c11-5-1-6(10(19)20)9(7(12)2-5)14-8(18)3-17-4-13-15-16-17/h1-2,4H,3H2,(H,14,18)(H,19,20). The lowest BCUT2D eigenvalue weighted by molar-refractivity contribution is -0.116. The first-order valence-corrected chi connectivity index (χ1v) is 5.96. The van der Waals surface area contributed by atoms with Crippen molar-refractivity contribution in [1.82, 2.24) is 20.2 Å². The van der Waals surface area contributed by atoms with E-state index in [-0.39, 0.29) is 27.8 Å². The van der Waals surface area contributed by atoms with Gasteiger partial charge in [0, 0.05) is 5.02 Å². The summed E-state index contributed by atoms with van der Waals surface area (Å²) in [6.45, 7) is -0.176. The molecule has 8 nitrogen and oxygen atoms in total. The van der Waals surface area contributed by atoms with Gasteiger partial charge in [0.2, 0.25) is 5.91 Å². The van der Waals surface area contributed by atoms with Crippen molar-refractivity contribution in [3.05, 3.63) is 34.1 Å². The van der Waals surface area contributed by atoms with Crippen LogP contribution in [-0.4, -0.2) is 37.2 Å². The number of aromatic carboxylic acids is 1. The van der Waals surface area contributed by atoms with Gasteiger partial charge in [0.05, 0.1) is 16.3 Å². The minimum atomic E-state index is -1.26. The van der Waals surface area contributed by atoms with E-state index in [1.165, 1.54) is 23.1 Å². The molecule has 0 aliphatic heterocycles. The number of hydrogen-bond acceptors (Lipinski definition) is 5. The van der Waals surface area contributed by atoms with Crippen molar-refractivity contribution in [2.24, 2.45) is 0 Å². The van der Waals surface area contributed by atoms with E-state index in [0.29, 0.717) is 0 Å². The highest BCUT2D eigenvalue weighted by molar-refractivity contribution is 6.37. The number of carboxylic acids is 1. The van der Waals surface area contributed by atoms with E-state index in [4.69, 9.17) is 28.3 Å². The fraction of sp³-hybridized carbons (Fsp3) is 0.100. The minimum Gasteiger partial charge on any atom is -0.478 e. The lowest BCUT2D eigenvalue weighted by atomic mass is 10.1. The van der Waals surface area contributed by atoms with Crippen molar-refractivity contribution in [3.63, 3.8) is 0 Å². The molecule has 104 valence electrons. The Morgan fingerprint density at radius 2 is 2.10 bits per heavy atom. The molecule has 10 heteroatoms. The summed E-state index contributed by atoms with van der Waals surface area (Å²) in [5.41, 5.74) is -0.228. The molecule has 2 rings (SSSR count). The van der Waals surface area contributed by atoms with Gasteiger partial charge in [-0.25, -0.2) is 9.48 Å². The molecule has 2 aromatic rings. The van der Waals surface area contributed by atoms with Gasteiger partial charge in [-0.15, -0.1) is 5.10 Å². The van der Waals surface area contributed by atoms with Gasteiger partial charge in [0.15, 0.2) is 0 Å². The monoisotopic (exact) mass is 315 g/mol. The number of carboxylic acid groups (broad SMARTS) is 1. The molecule has 1 amide bonds. The quantitative estimate of drug-likeness (QED) is 0.880. The maximum absolute atomic E-state index is 11.8. The third kappa shape index (κ3) is 3.22. The number of rotatable bonds is 4. The first-order valence-electron chi connectivity index (χ1n) is 5.20. The fourth-order valence-corrected chi connectivity index (χ4v) is 1.99. The Hall–Kier alpha value is -2.19. The van der Waals surface area contributed by atoms with Crippen LogP contribution in [0, 0.1) is 0 Å². The van der Waals surface area contributed by atoms with Crippen LogP contribution in [0.4, 0.5) is 5.69 Å². The SMILES string of the molecule is O=C(Cn1cnnn1)Nc1c(Cl)cc(Cl)cc1C(=O)O. The Labute approximate surface area is 122 Å². The summed E-state index contributed by atoms with van der Waals surface area (Å²) in [6.07, 6.45) is 1.25. The van der Waals surface area contributed by atoms with Crippen molar-refractivity contribution in [2.75, 3.05) is 5.32 Å². The lowest BCUT2D eigenvalue weighted by Crippen LogP contribution is -2.21. The number of benzene rings is 1. The molecule has 0 saturated carbocycles. The number of carbonyl (C=O) groups is 2. The zero-order chi connectivity index (χ0) is 14.7. The van der Waals surface area contributed by atoms with Crippen molar-refractivity contribution in [2.45, 2.75) is 6.54 Å². The van der Waals surface area contributed by atoms with Crippen molar-refractivity contribution in [3.8, 4) is 0 Å². The molecule has 1 aromatic carbocycles. The van der Waals surface area contributed by atoms with Gasteiger partial charge in [0.1, 0.15) is 12.9 Å². The molecular formula is C10H7Cl2N5O3. The Balaban J connectivity index is 2.24. The summed E-state index contributed by atoms with van der Waals surface area (Å²) >= 11 is 11.6. The number of nitrogens with zero attached hydrogens (tertiary/aromatic N) is 4. The van der Waals surface area contributed by atoms with E-state index in [1.54, 1.807) is 0 Å². The molecule has 0 bridgehead atoms. The van der Waals surface area contributed by atoms with Crippen LogP contribution < -0.4 is 5.32 Å². The first-order chi connectivity index (χ1) is 9.47. The Morgan fingerprint density at radius 1 is 1.35 bits per heavy atom.